The van der Waals surface area contributed by atoms with E-state index in [-0.39, 0.29) is 17.7 Å². The fourth-order valence-electron chi connectivity index (χ4n) is 4.03. The number of amides is 2. The molecule has 0 bridgehead atoms. The number of piperazine rings is 1. The van der Waals surface area contributed by atoms with Gasteiger partial charge in [-0.05, 0) is 48.4 Å². The highest BCUT2D eigenvalue weighted by Crippen LogP contribution is 2.27. The fraction of sp³-hybridized carbons (Fsp3) is 0.409. The summed E-state index contributed by atoms with van der Waals surface area (Å²) in [6.07, 6.45) is 4.95. The number of hydrogen-bond donors (Lipinski definition) is 0. The SMILES string of the molecule is O=C(C1CC(=O)N(c2ccc(Br)cc2)C1)N1CCN(CCc2ccncc2)CC1. The quantitative estimate of drug-likeness (QED) is 0.693. The highest BCUT2D eigenvalue weighted by atomic mass is 79.9. The monoisotopic (exact) mass is 456 g/mol. The summed E-state index contributed by atoms with van der Waals surface area (Å²) >= 11 is 3.41. The maximum atomic E-state index is 13.0. The number of benzene rings is 1. The molecule has 0 spiro atoms. The van der Waals surface area contributed by atoms with Gasteiger partial charge in [-0.25, -0.2) is 0 Å². The van der Waals surface area contributed by atoms with Crippen molar-refractivity contribution < 1.29 is 9.59 Å². The molecule has 6 nitrogen and oxygen atoms in total. The molecule has 0 aliphatic carbocycles. The van der Waals surface area contributed by atoms with Gasteiger partial charge in [0.15, 0.2) is 0 Å². The van der Waals surface area contributed by atoms with Gasteiger partial charge in [-0.3, -0.25) is 19.5 Å². The largest absolute Gasteiger partial charge is 0.340 e. The molecular formula is C22H25BrN4O2. The molecule has 29 heavy (non-hydrogen) atoms. The zero-order chi connectivity index (χ0) is 20.2. The lowest BCUT2D eigenvalue weighted by atomic mass is 10.1. The summed E-state index contributed by atoms with van der Waals surface area (Å²) in [5.41, 5.74) is 2.14. The van der Waals surface area contributed by atoms with E-state index >= 15 is 0 Å². The number of halogens is 1. The van der Waals surface area contributed by atoms with Crippen LogP contribution in [0.3, 0.4) is 0 Å². The van der Waals surface area contributed by atoms with Crippen molar-refractivity contribution in [1.82, 2.24) is 14.8 Å². The number of nitrogens with zero attached hydrogens (tertiary/aromatic N) is 4. The van der Waals surface area contributed by atoms with Crippen molar-refractivity contribution in [3.63, 3.8) is 0 Å². The van der Waals surface area contributed by atoms with Crippen LogP contribution in [0.4, 0.5) is 5.69 Å². The van der Waals surface area contributed by atoms with Gasteiger partial charge in [0.25, 0.3) is 0 Å². The van der Waals surface area contributed by atoms with E-state index in [0.717, 1.165) is 49.3 Å². The third kappa shape index (κ3) is 4.85. The summed E-state index contributed by atoms with van der Waals surface area (Å²) in [5, 5.41) is 0. The summed E-state index contributed by atoms with van der Waals surface area (Å²) in [5.74, 6) is -0.0945. The highest BCUT2D eigenvalue weighted by molar-refractivity contribution is 9.10. The molecule has 7 heteroatoms. The average Bonchev–Trinajstić information content (AvgIpc) is 3.15. The first-order valence-corrected chi connectivity index (χ1v) is 10.9. The van der Waals surface area contributed by atoms with Gasteiger partial charge in [-0.2, -0.15) is 0 Å². The third-order valence-corrected chi connectivity index (χ3v) is 6.29. The minimum atomic E-state index is -0.241. The first-order valence-electron chi connectivity index (χ1n) is 10.1. The van der Waals surface area contributed by atoms with Crippen molar-refractivity contribution in [3.8, 4) is 0 Å². The maximum absolute atomic E-state index is 13.0. The first-order chi connectivity index (χ1) is 14.1. The van der Waals surface area contributed by atoms with E-state index in [9.17, 15) is 9.59 Å². The zero-order valence-electron chi connectivity index (χ0n) is 16.3. The molecule has 3 heterocycles. The minimum Gasteiger partial charge on any atom is -0.340 e. The Hall–Kier alpha value is -2.25. The summed E-state index contributed by atoms with van der Waals surface area (Å²) in [6.45, 7) is 4.70. The third-order valence-electron chi connectivity index (χ3n) is 5.76. The number of pyridine rings is 1. The molecule has 1 aromatic carbocycles. The van der Waals surface area contributed by atoms with Crippen LogP contribution in [-0.4, -0.2) is 65.9 Å². The van der Waals surface area contributed by atoms with Gasteiger partial charge in [-0.1, -0.05) is 15.9 Å². The molecule has 0 radical (unpaired) electrons. The molecule has 2 amide bonds. The van der Waals surface area contributed by atoms with E-state index in [1.54, 1.807) is 4.90 Å². The second-order valence-corrected chi connectivity index (χ2v) is 8.57. The van der Waals surface area contributed by atoms with Crippen molar-refractivity contribution >= 4 is 33.4 Å². The van der Waals surface area contributed by atoms with Gasteiger partial charge in [0.2, 0.25) is 11.8 Å². The summed E-state index contributed by atoms with van der Waals surface area (Å²) in [4.78, 5) is 35.6. The van der Waals surface area contributed by atoms with Crippen LogP contribution in [0, 0.1) is 5.92 Å². The molecule has 4 rings (SSSR count). The van der Waals surface area contributed by atoms with Crippen molar-refractivity contribution in [1.29, 1.82) is 0 Å². The topological polar surface area (TPSA) is 56.8 Å². The fourth-order valence-corrected chi connectivity index (χ4v) is 4.29. The Morgan fingerprint density at radius 1 is 1.03 bits per heavy atom. The molecule has 0 N–H and O–H groups in total. The maximum Gasteiger partial charge on any atom is 0.228 e. The van der Waals surface area contributed by atoms with Gasteiger partial charge >= 0.3 is 0 Å². The number of carbonyl (C=O) groups excluding carboxylic acids is 2. The molecule has 2 fully saturated rings. The van der Waals surface area contributed by atoms with E-state index in [2.05, 4.69) is 25.8 Å². The minimum absolute atomic E-state index is 0.0293. The zero-order valence-corrected chi connectivity index (χ0v) is 17.9. The molecule has 2 aromatic rings. The van der Waals surface area contributed by atoms with Crippen molar-refractivity contribution in [2.45, 2.75) is 12.8 Å². The molecule has 152 valence electrons. The first kappa shape index (κ1) is 20.0. The van der Waals surface area contributed by atoms with Crippen LogP contribution in [0.5, 0.6) is 0 Å². The predicted octanol–water partition coefficient (Wildman–Crippen LogP) is 2.58. The van der Waals surface area contributed by atoms with Crippen LogP contribution in [0.25, 0.3) is 0 Å². The lowest BCUT2D eigenvalue weighted by molar-refractivity contribution is -0.137. The Morgan fingerprint density at radius 3 is 2.41 bits per heavy atom. The van der Waals surface area contributed by atoms with E-state index < -0.39 is 0 Å². The van der Waals surface area contributed by atoms with Gasteiger partial charge < -0.3 is 9.80 Å². The Bertz CT molecular complexity index is 851. The number of hydrogen-bond acceptors (Lipinski definition) is 4. The van der Waals surface area contributed by atoms with Crippen LogP contribution < -0.4 is 4.90 Å². The summed E-state index contributed by atoms with van der Waals surface area (Å²) < 4.78 is 0.974. The Labute approximate surface area is 179 Å². The molecule has 2 aliphatic heterocycles. The molecule has 1 aromatic heterocycles. The van der Waals surface area contributed by atoms with Gasteiger partial charge in [0.05, 0.1) is 5.92 Å². The van der Waals surface area contributed by atoms with Gasteiger partial charge in [-0.15, -0.1) is 0 Å². The Balaban J connectivity index is 1.27. The average molecular weight is 457 g/mol. The lowest BCUT2D eigenvalue weighted by Crippen LogP contribution is -2.51. The summed E-state index contributed by atoms with van der Waals surface area (Å²) in [6, 6.07) is 11.8. The van der Waals surface area contributed by atoms with Crippen molar-refractivity contribution in [2.75, 3.05) is 44.2 Å². The van der Waals surface area contributed by atoms with Crippen molar-refractivity contribution in [2.24, 2.45) is 5.92 Å². The molecule has 1 unspecified atom stereocenters. The molecule has 1 atom stereocenters. The molecule has 2 saturated heterocycles. The van der Waals surface area contributed by atoms with Gasteiger partial charge in [0, 0.05) is 68.2 Å². The number of aromatic nitrogens is 1. The van der Waals surface area contributed by atoms with Crippen LogP contribution in [0.15, 0.2) is 53.3 Å². The number of anilines is 1. The second-order valence-electron chi connectivity index (χ2n) is 7.65. The van der Waals surface area contributed by atoms with Crippen molar-refractivity contribution in [3.05, 3.63) is 58.8 Å². The van der Waals surface area contributed by atoms with Crippen LogP contribution in [0.2, 0.25) is 0 Å². The second kappa shape index (κ2) is 9.05. The lowest BCUT2D eigenvalue weighted by Gasteiger charge is -2.35. The molecule has 0 saturated carbocycles. The highest BCUT2D eigenvalue weighted by Gasteiger charge is 2.37. The van der Waals surface area contributed by atoms with Crippen LogP contribution >= 0.6 is 15.9 Å². The Kier molecular flexibility index (Phi) is 6.25. The van der Waals surface area contributed by atoms with Crippen LogP contribution in [0.1, 0.15) is 12.0 Å². The Morgan fingerprint density at radius 2 is 1.72 bits per heavy atom. The number of rotatable bonds is 5. The van der Waals surface area contributed by atoms with Gasteiger partial charge in [0.1, 0.15) is 0 Å². The number of carbonyl (C=O) groups is 2. The standard InChI is InChI=1S/C22H25BrN4O2/c23-19-1-3-20(4-2-19)27-16-18(15-21(27)28)22(29)26-13-11-25(12-14-26)10-7-17-5-8-24-9-6-17/h1-6,8-9,18H,7,10-16H2. The van der Waals surface area contributed by atoms with E-state index in [4.69, 9.17) is 0 Å². The predicted molar refractivity (Wildman–Crippen MR) is 116 cm³/mol. The van der Waals surface area contributed by atoms with E-state index in [1.165, 1.54) is 5.56 Å². The van der Waals surface area contributed by atoms with E-state index in [1.807, 2.05) is 53.7 Å². The smallest absolute Gasteiger partial charge is 0.228 e. The normalized spacial score (nSPS) is 20.3. The van der Waals surface area contributed by atoms with E-state index in [0.29, 0.717) is 13.0 Å². The summed E-state index contributed by atoms with van der Waals surface area (Å²) in [7, 11) is 0. The molecule has 2 aliphatic rings. The molecular weight excluding hydrogens is 432 g/mol. The van der Waals surface area contributed by atoms with Crippen LogP contribution in [-0.2, 0) is 16.0 Å².